The van der Waals surface area contributed by atoms with Gasteiger partial charge in [-0.25, -0.2) is 0 Å². The van der Waals surface area contributed by atoms with Gasteiger partial charge in [0.05, 0.1) is 11.7 Å². The molecule has 7 nitrogen and oxygen atoms in total. The highest BCUT2D eigenvalue weighted by Gasteiger charge is 2.10. The van der Waals surface area contributed by atoms with E-state index in [4.69, 9.17) is 10.5 Å². The largest absolute Gasteiger partial charge is 0.491 e. The van der Waals surface area contributed by atoms with Gasteiger partial charge >= 0.3 is 0 Å². The number of rotatable bonds is 5. The number of nitriles is 1. The molecule has 0 saturated carbocycles. The number of hydrogen-bond acceptors (Lipinski definition) is 7. The molecule has 0 amide bonds. The van der Waals surface area contributed by atoms with E-state index >= 15 is 0 Å². The summed E-state index contributed by atoms with van der Waals surface area (Å²) in [5.41, 5.74) is 6.86. The average Bonchev–Trinajstić information content (AvgIpc) is 2.53. The first kappa shape index (κ1) is 17.2. The lowest BCUT2D eigenvalue weighted by Crippen LogP contribution is -2.15. The maximum atomic E-state index is 9.44. The zero-order chi connectivity index (χ0) is 17.7. The Bertz CT molecular complexity index is 775. The van der Waals surface area contributed by atoms with Gasteiger partial charge in [-0.05, 0) is 37.6 Å². The van der Waals surface area contributed by atoms with Crippen LogP contribution in [-0.2, 0) is 0 Å². The minimum Gasteiger partial charge on any atom is -0.491 e. The number of nitrogen functional groups attached to an aromatic ring is 1. The fraction of sp³-hybridized carbons (Fsp3) is 0.294. The summed E-state index contributed by atoms with van der Waals surface area (Å²) in [6, 6.07) is 9.56. The third kappa shape index (κ3) is 4.43. The lowest BCUT2D eigenvalue weighted by atomic mass is 10.1. The van der Waals surface area contributed by atoms with Crippen LogP contribution in [0.5, 0.6) is 5.75 Å². The molecule has 1 heterocycles. The molecule has 0 spiro atoms. The van der Waals surface area contributed by atoms with Crippen LogP contribution in [-0.4, -0.2) is 35.2 Å². The van der Waals surface area contributed by atoms with E-state index in [1.807, 2.05) is 38.1 Å². The number of allylic oxidation sites excluding steroid dienone is 1. The molecule has 0 aliphatic carbocycles. The Morgan fingerprint density at radius 2 is 1.88 bits per heavy atom. The van der Waals surface area contributed by atoms with E-state index in [0.29, 0.717) is 11.5 Å². The van der Waals surface area contributed by atoms with Gasteiger partial charge in [0.1, 0.15) is 11.8 Å². The Kier molecular flexibility index (Phi) is 5.32. The van der Waals surface area contributed by atoms with E-state index in [1.165, 1.54) is 0 Å². The van der Waals surface area contributed by atoms with Crippen LogP contribution in [0.2, 0.25) is 0 Å². The summed E-state index contributed by atoms with van der Waals surface area (Å²) in [7, 11) is 3.59. The molecule has 2 N–H and O–H groups in total. The molecule has 1 aromatic heterocycles. The Morgan fingerprint density at radius 1 is 1.21 bits per heavy atom. The van der Waals surface area contributed by atoms with E-state index in [1.54, 1.807) is 25.1 Å². The van der Waals surface area contributed by atoms with Crippen LogP contribution in [0.4, 0.5) is 11.9 Å². The number of nitrogens with zero attached hydrogens (tertiary/aromatic N) is 5. The predicted octanol–water partition coefficient (Wildman–Crippen LogP) is 2.37. The van der Waals surface area contributed by atoms with Crippen molar-refractivity contribution in [2.24, 2.45) is 0 Å². The Labute approximate surface area is 141 Å². The molecule has 124 valence electrons. The molecule has 0 unspecified atom stereocenters. The quantitative estimate of drug-likeness (QED) is 0.842. The van der Waals surface area contributed by atoms with Gasteiger partial charge in [-0.15, -0.1) is 0 Å². The molecular weight excluding hydrogens is 304 g/mol. The minimum absolute atomic E-state index is 0.0746. The molecule has 0 aliphatic heterocycles. The molecule has 0 radical (unpaired) electrons. The van der Waals surface area contributed by atoms with Gasteiger partial charge in [0.25, 0.3) is 0 Å². The summed E-state index contributed by atoms with van der Waals surface area (Å²) >= 11 is 0. The van der Waals surface area contributed by atoms with Crippen molar-refractivity contribution in [3.8, 4) is 11.8 Å². The molecule has 0 saturated heterocycles. The van der Waals surface area contributed by atoms with E-state index < -0.39 is 0 Å². The van der Waals surface area contributed by atoms with Crippen LogP contribution in [0.1, 0.15) is 25.2 Å². The molecular formula is C17H20N6O. The summed E-state index contributed by atoms with van der Waals surface area (Å²) in [6.07, 6.45) is 1.81. The summed E-state index contributed by atoms with van der Waals surface area (Å²) < 4.78 is 5.60. The lowest BCUT2D eigenvalue weighted by molar-refractivity contribution is 0.242. The number of nitrogens with two attached hydrogens (primary N) is 1. The van der Waals surface area contributed by atoms with Gasteiger partial charge in [-0.1, -0.05) is 12.1 Å². The van der Waals surface area contributed by atoms with Crippen molar-refractivity contribution >= 4 is 23.5 Å². The summed E-state index contributed by atoms with van der Waals surface area (Å²) in [6.45, 7) is 3.93. The highest BCUT2D eigenvalue weighted by molar-refractivity contribution is 5.87. The molecule has 0 aliphatic rings. The first-order valence-corrected chi connectivity index (χ1v) is 7.47. The van der Waals surface area contributed by atoms with Crippen molar-refractivity contribution < 1.29 is 4.74 Å². The van der Waals surface area contributed by atoms with Crippen molar-refractivity contribution in [1.29, 1.82) is 5.26 Å². The Hall–Kier alpha value is -3.14. The van der Waals surface area contributed by atoms with Crippen LogP contribution in [0.25, 0.3) is 11.6 Å². The van der Waals surface area contributed by atoms with Crippen molar-refractivity contribution in [1.82, 2.24) is 15.0 Å². The van der Waals surface area contributed by atoms with Crippen LogP contribution < -0.4 is 15.4 Å². The van der Waals surface area contributed by atoms with Crippen LogP contribution >= 0.6 is 0 Å². The van der Waals surface area contributed by atoms with Crippen molar-refractivity contribution in [3.05, 3.63) is 35.7 Å². The highest BCUT2D eigenvalue weighted by Crippen LogP contribution is 2.19. The fourth-order valence-corrected chi connectivity index (χ4v) is 1.93. The van der Waals surface area contributed by atoms with E-state index in [-0.39, 0.29) is 17.9 Å². The smallest absolute Gasteiger partial charge is 0.230 e. The normalized spacial score (nSPS) is 11.2. The van der Waals surface area contributed by atoms with Gasteiger partial charge < -0.3 is 15.4 Å². The molecule has 7 heteroatoms. The Morgan fingerprint density at radius 3 is 2.42 bits per heavy atom. The third-order valence-electron chi connectivity index (χ3n) is 2.97. The second-order valence-electron chi connectivity index (χ2n) is 5.62. The molecule has 2 aromatic rings. The maximum absolute atomic E-state index is 9.44. The van der Waals surface area contributed by atoms with Gasteiger partial charge in [0.15, 0.2) is 5.82 Å². The van der Waals surface area contributed by atoms with Gasteiger partial charge in [-0.3, -0.25) is 0 Å². The lowest BCUT2D eigenvalue weighted by Gasteiger charge is -2.11. The number of aromatic nitrogens is 3. The van der Waals surface area contributed by atoms with E-state index in [9.17, 15) is 5.26 Å². The molecule has 0 atom stereocenters. The molecule has 0 bridgehead atoms. The summed E-state index contributed by atoms with van der Waals surface area (Å²) in [5, 5.41) is 9.44. The second-order valence-corrected chi connectivity index (χ2v) is 5.62. The van der Waals surface area contributed by atoms with Crippen LogP contribution in [0, 0.1) is 11.3 Å². The molecule has 2 rings (SSSR count). The standard InChI is InChI=1S/C17H20N6O/c1-11(2)24-14-7-5-12(6-8-14)9-13(10-18)15-20-16(19)22-17(21-15)23(3)4/h5-9,11H,1-4H3,(H2,19,20,21,22)/b13-9+. The highest BCUT2D eigenvalue weighted by atomic mass is 16.5. The average molecular weight is 324 g/mol. The number of ether oxygens (including phenoxy) is 1. The van der Waals surface area contributed by atoms with Crippen molar-refractivity contribution in [2.75, 3.05) is 24.7 Å². The fourth-order valence-electron chi connectivity index (χ4n) is 1.93. The van der Waals surface area contributed by atoms with Crippen LogP contribution in [0.15, 0.2) is 24.3 Å². The first-order valence-electron chi connectivity index (χ1n) is 7.47. The van der Waals surface area contributed by atoms with Crippen molar-refractivity contribution in [3.63, 3.8) is 0 Å². The number of hydrogen-bond donors (Lipinski definition) is 1. The van der Waals surface area contributed by atoms with Gasteiger partial charge in [0.2, 0.25) is 11.9 Å². The zero-order valence-electron chi connectivity index (χ0n) is 14.2. The Balaban J connectivity index is 2.34. The number of benzene rings is 1. The summed E-state index contributed by atoms with van der Waals surface area (Å²) in [4.78, 5) is 14.0. The monoisotopic (exact) mass is 324 g/mol. The maximum Gasteiger partial charge on any atom is 0.230 e. The summed E-state index contributed by atoms with van der Waals surface area (Å²) in [5.74, 6) is 1.50. The molecule has 0 fully saturated rings. The third-order valence-corrected chi connectivity index (χ3v) is 2.97. The van der Waals surface area contributed by atoms with E-state index in [0.717, 1.165) is 11.3 Å². The zero-order valence-corrected chi connectivity index (χ0v) is 14.2. The van der Waals surface area contributed by atoms with Crippen LogP contribution in [0.3, 0.4) is 0 Å². The SMILES string of the molecule is CC(C)Oc1ccc(/C=C(\C#N)c2nc(N)nc(N(C)C)n2)cc1. The topological polar surface area (TPSA) is 101 Å². The first-order chi connectivity index (χ1) is 11.4. The van der Waals surface area contributed by atoms with E-state index in [2.05, 4.69) is 21.0 Å². The molecule has 24 heavy (non-hydrogen) atoms. The minimum atomic E-state index is 0.0746. The number of anilines is 2. The van der Waals surface area contributed by atoms with Gasteiger partial charge in [-0.2, -0.15) is 20.2 Å². The van der Waals surface area contributed by atoms with Crippen molar-refractivity contribution in [2.45, 2.75) is 20.0 Å². The van der Waals surface area contributed by atoms with Gasteiger partial charge in [0, 0.05) is 14.1 Å². The molecule has 1 aromatic carbocycles. The predicted molar refractivity (Wildman–Crippen MR) is 94.3 cm³/mol. The second kappa shape index (κ2) is 7.42.